The Labute approximate surface area is 121 Å². The Morgan fingerprint density at radius 2 is 2.10 bits per heavy atom. The van der Waals surface area contributed by atoms with Gasteiger partial charge in [-0.25, -0.2) is 0 Å². The first-order chi connectivity index (χ1) is 10.1. The van der Waals surface area contributed by atoms with Gasteiger partial charge >= 0.3 is 6.01 Å². The molecule has 21 heavy (non-hydrogen) atoms. The molecular weight excluding hydrogens is 274 g/mol. The van der Waals surface area contributed by atoms with Crippen molar-refractivity contribution < 1.29 is 18.4 Å². The number of oxazole rings is 1. The molecule has 2 aromatic heterocycles. The molecule has 2 amide bonds. The average molecular weight is 291 g/mol. The van der Waals surface area contributed by atoms with Crippen molar-refractivity contribution in [1.29, 1.82) is 0 Å². The van der Waals surface area contributed by atoms with Crippen LogP contribution < -0.4 is 10.6 Å². The number of aromatic nitrogens is 1. The van der Waals surface area contributed by atoms with E-state index in [1.807, 2.05) is 0 Å². The fraction of sp³-hybridized carbons (Fsp3) is 0.357. The molecule has 0 aliphatic heterocycles. The molecule has 0 fully saturated rings. The predicted octanol–water partition coefficient (Wildman–Crippen LogP) is 2.30. The second kappa shape index (κ2) is 6.74. The Morgan fingerprint density at radius 1 is 1.29 bits per heavy atom. The predicted molar refractivity (Wildman–Crippen MR) is 75.0 cm³/mol. The molecule has 2 N–H and O–H groups in total. The summed E-state index contributed by atoms with van der Waals surface area (Å²) in [5, 5.41) is 5.14. The van der Waals surface area contributed by atoms with E-state index in [4.69, 9.17) is 8.83 Å². The van der Waals surface area contributed by atoms with E-state index in [0.717, 1.165) is 6.42 Å². The molecule has 2 rings (SSSR count). The van der Waals surface area contributed by atoms with Crippen LogP contribution in [0.3, 0.4) is 0 Å². The highest BCUT2D eigenvalue weighted by molar-refractivity contribution is 6.01. The summed E-state index contributed by atoms with van der Waals surface area (Å²) in [4.78, 5) is 27.4. The molecular formula is C14H17N3O4. The van der Waals surface area contributed by atoms with Gasteiger partial charge in [-0.3, -0.25) is 14.9 Å². The van der Waals surface area contributed by atoms with Crippen molar-refractivity contribution in [1.82, 2.24) is 10.3 Å². The largest absolute Gasteiger partial charge is 0.459 e. The molecule has 7 nitrogen and oxygen atoms in total. The minimum Gasteiger partial charge on any atom is -0.459 e. The number of amides is 2. The van der Waals surface area contributed by atoms with E-state index in [-0.39, 0.29) is 23.4 Å². The van der Waals surface area contributed by atoms with E-state index in [1.165, 1.54) is 18.6 Å². The molecule has 0 unspecified atom stereocenters. The smallest absolute Gasteiger partial charge is 0.302 e. The quantitative estimate of drug-likeness (QED) is 0.851. The fourth-order valence-electron chi connectivity index (χ4n) is 1.57. The second-order valence-electron chi connectivity index (χ2n) is 4.91. The molecule has 0 aliphatic rings. The summed E-state index contributed by atoms with van der Waals surface area (Å²) in [6.45, 7) is 4.71. The van der Waals surface area contributed by atoms with Gasteiger partial charge in [0.1, 0.15) is 6.26 Å². The normalized spacial score (nSPS) is 10.6. The van der Waals surface area contributed by atoms with Crippen LogP contribution in [-0.2, 0) is 0 Å². The molecule has 0 saturated heterocycles. The van der Waals surface area contributed by atoms with Gasteiger partial charge in [-0.1, -0.05) is 13.8 Å². The molecule has 0 aliphatic carbocycles. The number of nitrogens with zero attached hydrogens (tertiary/aromatic N) is 1. The molecule has 2 heterocycles. The molecule has 0 atom stereocenters. The number of hydrogen-bond acceptors (Lipinski definition) is 5. The van der Waals surface area contributed by atoms with E-state index in [9.17, 15) is 9.59 Å². The van der Waals surface area contributed by atoms with Gasteiger partial charge in [0.2, 0.25) is 0 Å². The Bertz CT molecular complexity index is 602. The molecule has 0 aromatic carbocycles. The number of hydrogen-bond donors (Lipinski definition) is 2. The number of anilines is 1. The topological polar surface area (TPSA) is 97.4 Å². The third kappa shape index (κ3) is 4.20. The zero-order valence-electron chi connectivity index (χ0n) is 11.9. The van der Waals surface area contributed by atoms with Crippen LogP contribution >= 0.6 is 0 Å². The number of carbonyl (C=O) groups excluding carboxylic acids is 2. The Balaban J connectivity index is 1.89. The van der Waals surface area contributed by atoms with Crippen LogP contribution in [0.1, 0.15) is 41.3 Å². The highest BCUT2D eigenvalue weighted by Crippen LogP contribution is 2.10. The van der Waals surface area contributed by atoms with Gasteiger partial charge in [0, 0.05) is 6.54 Å². The molecule has 7 heteroatoms. The van der Waals surface area contributed by atoms with E-state index in [2.05, 4.69) is 29.5 Å². The zero-order chi connectivity index (χ0) is 15.2. The number of rotatable bonds is 6. The first-order valence-corrected chi connectivity index (χ1v) is 6.65. The van der Waals surface area contributed by atoms with Gasteiger partial charge in [-0.2, -0.15) is 4.98 Å². The van der Waals surface area contributed by atoms with Crippen LogP contribution in [-0.4, -0.2) is 23.3 Å². The third-order valence-corrected chi connectivity index (χ3v) is 2.71. The first kappa shape index (κ1) is 14.8. The summed E-state index contributed by atoms with van der Waals surface area (Å²) < 4.78 is 9.97. The van der Waals surface area contributed by atoms with Crippen LogP contribution in [0.15, 0.2) is 33.5 Å². The van der Waals surface area contributed by atoms with Gasteiger partial charge in [0.25, 0.3) is 11.8 Å². The summed E-state index contributed by atoms with van der Waals surface area (Å²) >= 11 is 0. The number of nitrogens with one attached hydrogen (secondary N) is 2. The van der Waals surface area contributed by atoms with Gasteiger partial charge in [0.15, 0.2) is 11.5 Å². The number of carbonyl (C=O) groups is 2. The van der Waals surface area contributed by atoms with Crippen molar-refractivity contribution in [2.45, 2.75) is 20.3 Å². The molecule has 112 valence electrons. The van der Waals surface area contributed by atoms with Gasteiger partial charge in [-0.05, 0) is 24.5 Å². The van der Waals surface area contributed by atoms with Crippen LogP contribution in [0.25, 0.3) is 0 Å². The summed E-state index contributed by atoms with van der Waals surface area (Å²) in [7, 11) is 0. The first-order valence-electron chi connectivity index (χ1n) is 6.65. The lowest BCUT2D eigenvalue weighted by atomic mass is 10.1. The molecule has 0 radical (unpaired) electrons. The lowest BCUT2D eigenvalue weighted by molar-refractivity contribution is 0.0945. The van der Waals surface area contributed by atoms with Crippen molar-refractivity contribution in [3.8, 4) is 0 Å². The van der Waals surface area contributed by atoms with Crippen molar-refractivity contribution in [3.05, 3.63) is 36.1 Å². The maximum absolute atomic E-state index is 11.8. The van der Waals surface area contributed by atoms with E-state index < -0.39 is 5.91 Å². The maximum Gasteiger partial charge on any atom is 0.302 e. The highest BCUT2D eigenvalue weighted by Gasteiger charge is 2.15. The van der Waals surface area contributed by atoms with Crippen molar-refractivity contribution in [3.63, 3.8) is 0 Å². The summed E-state index contributed by atoms with van der Waals surface area (Å²) in [6.07, 6.45) is 3.46. The van der Waals surface area contributed by atoms with Gasteiger partial charge in [-0.15, -0.1) is 0 Å². The Morgan fingerprint density at radius 3 is 2.76 bits per heavy atom. The van der Waals surface area contributed by atoms with Gasteiger partial charge < -0.3 is 14.2 Å². The van der Waals surface area contributed by atoms with Gasteiger partial charge in [0.05, 0.1) is 6.26 Å². The standard InChI is InChI=1S/C14H17N3O4/c1-9(2)5-6-15-12(18)10-8-21-14(16-10)17-13(19)11-4-3-7-20-11/h3-4,7-9H,5-6H2,1-2H3,(H,15,18)(H,16,17,19). The Kier molecular flexibility index (Phi) is 4.76. The monoisotopic (exact) mass is 291 g/mol. The third-order valence-electron chi connectivity index (χ3n) is 2.71. The second-order valence-corrected chi connectivity index (χ2v) is 4.91. The molecule has 0 bridgehead atoms. The Hall–Kier alpha value is -2.57. The van der Waals surface area contributed by atoms with E-state index in [0.29, 0.717) is 12.5 Å². The van der Waals surface area contributed by atoms with Crippen LogP contribution in [0, 0.1) is 5.92 Å². The molecule has 0 saturated carbocycles. The van der Waals surface area contributed by atoms with E-state index >= 15 is 0 Å². The minimum absolute atomic E-state index is 0.0505. The summed E-state index contributed by atoms with van der Waals surface area (Å²) in [6, 6.07) is 3.06. The zero-order valence-corrected chi connectivity index (χ0v) is 11.9. The summed E-state index contributed by atoms with van der Waals surface area (Å²) in [5.41, 5.74) is 0.119. The average Bonchev–Trinajstić information content (AvgIpc) is 3.09. The maximum atomic E-state index is 11.8. The number of furan rings is 1. The fourth-order valence-corrected chi connectivity index (χ4v) is 1.57. The van der Waals surface area contributed by atoms with Crippen molar-refractivity contribution in [2.24, 2.45) is 5.92 Å². The van der Waals surface area contributed by atoms with Crippen LogP contribution in [0.4, 0.5) is 6.01 Å². The lowest BCUT2D eigenvalue weighted by Crippen LogP contribution is -2.25. The van der Waals surface area contributed by atoms with E-state index in [1.54, 1.807) is 6.07 Å². The molecule has 2 aromatic rings. The SMILES string of the molecule is CC(C)CCNC(=O)c1coc(NC(=O)c2ccco2)n1. The highest BCUT2D eigenvalue weighted by atomic mass is 16.4. The minimum atomic E-state index is -0.492. The summed E-state index contributed by atoms with van der Waals surface area (Å²) in [5.74, 6) is -0.187. The van der Waals surface area contributed by atoms with Crippen LogP contribution in [0.2, 0.25) is 0 Å². The molecule has 0 spiro atoms. The van der Waals surface area contributed by atoms with Crippen molar-refractivity contribution in [2.75, 3.05) is 11.9 Å². The van der Waals surface area contributed by atoms with Crippen molar-refractivity contribution >= 4 is 17.8 Å². The van der Waals surface area contributed by atoms with Crippen LogP contribution in [0.5, 0.6) is 0 Å². The lowest BCUT2D eigenvalue weighted by Gasteiger charge is -2.04.